The maximum absolute atomic E-state index is 12.4. The standard InChI is InChI=1S/C17H12ClN5O/c18-13-3-1-2-4-16(13)23-10-15(21-22-23)17(24)20-12-5-6-14-11(9-12)7-8-19-14/h1-10,19H,(H,20,24). The molecule has 24 heavy (non-hydrogen) atoms. The molecule has 2 heterocycles. The molecule has 2 N–H and O–H groups in total. The zero-order chi connectivity index (χ0) is 16.5. The number of benzene rings is 2. The van der Waals surface area contributed by atoms with E-state index in [9.17, 15) is 4.79 Å². The molecule has 118 valence electrons. The van der Waals surface area contributed by atoms with Gasteiger partial charge in [0.25, 0.3) is 5.91 Å². The minimum absolute atomic E-state index is 0.212. The lowest BCUT2D eigenvalue weighted by Gasteiger charge is -2.03. The van der Waals surface area contributed by atoms with Gasteiger partial charge in [-0.2, -0.15) is 0 Å². The van der Waals surface area contributed by atoms with Gasteiger partial charge in [-0.25, -0.2) is 4.68 Å². The van der Waals surface area contributed by atoms with Crippen LogP contribution in [0.5, 0.6) is 0 Å². The van der Waals surface area contributed by atoms with Crippen molar-refractivity contribution in [3.63, 3.8) is 0 Å². The van der Waals surface area contributed by atoms with Gasteiger partial charge in [0.2, 0.25) is 0 Å². The van der Waals surface area contributed by atoms with Crippen LogP contribution in [0.1, 0.15) is 10.5 Å². The van der Waals surface area contributed by atoms with Gasteiger partial charge in [0.05, 0.1) is 16.9 Å². The molecule has 0 unspecified atom stereocenters. The summed E-state index contributed by atoms with van der Waals surface area (Å²) < 4.78 is 1.48. The Morgan fingerprint density at radius 1 is 1.17 bits per heavy atom. The van der Waals surface area contributed by atoms with Gasteiger partial charge in [0, 0.05) is 22.8 Å². The van der Waals surface area contributed by atoms with Gasteiger partial charge in [0.1, 0.15) is 0 Å². The summed E-state index contributed by atoms with van der Waals surface area (Å²) in [5, 5.41) is 12.3. The molecule has 4 aromatic rings. The second kappa shape index (κ2) is 5.82. The topological polar surface area (TPSA) is 75.6 Å². The Morgan fingerprint density at radius 3 is 2.92 bits per heavy atom. The minimum atomic E-state index is -0.330. The van der Waals surface area contributed by atoms with Gasteiger partial charge in [-0.05, 0) is 36.4 Å². The van der Waals surface area contributed by atoms with Crippen LogP contribution in [0, 0.1) is 0 Å². The fraction of sp³-hybridized carbons (Fsp3) is 0. The summed E-state index contributed by atoms with van der Waals surface area (Å²) in [4.78, 5) is 15.5. The smallest absolute Gasteiger partial charge is 0.277 e. The van der Waals surface area contributed by atoms with Crippen LogP contribution in [-0.2, 0) is 0 Å². The molecule has 0 saturated heterocycles. The van der Waals surface area contributed by atoms with E-state index in [0.717, 1.165) is 10.9 Å². The molecule has 2 aromatic carbocycles. The Balaban J connectivity index is 1.57. The maximum atomic E-state index is 12.4. The van der Waals surface area contributed by atoms with E-state index in [1.165, 1.54) is 4.68 Å². The van der Waals surface area contributed by atoms with Crippen LogP contribution in [-0.4, -0.2) is 25.9 Å². The number of fused-ring (bicyclic) bond motifs is 1. The van der Waals surface area contributed by atoms with E-state index in [1.54, 1.807) is 18.3 Å². The first-order valence-electron chi connectivity index (χ1n) is 7.26. The van der Waals surface area contributed by atoms with Crippen molar-refractivity contribution in [3.8, 4) is 5.69 Å². The van der Waals surface area contributed by atoms with Crippen LogP contribution >= 0.6 is 11.6 Å². The van der Waals surface area contributed by atoms with Gasteiger partial charge >= 0.3 is 0 Å². The summed E-state index contributed by atoms with van der Waals surface area (Å²) in [6.07, 6.45) is 3.40. The molecular formula is C17H12ClN5O. The first-order chi connectivity index (χ1) is 11.7. The lowest BCUT2D eigenvalue weighted by Crippen LogP contribution is -2.12. The van der Waals surface area contributed by atoms with Crippen LogP contribution in [0.3, 0.4) is 0 Å². The molecule has 2 aromatic heterocycles. The number of nitrogens with one attached hydrogen (secondary N) is 2. The summed E-state index contributed by atoms with van der Waals surface area (Å²) in [5.41, 5.74) is 2.58. The average Bonchev–Trinajstić information content (AvgIpc) is 3.24. The van der Waals surface area contributed by atoms with Crippen molar-refractivity contribution in [2.24, 2.45) is 0 Å². The summed E-state index contributed by atoms with van der Waals surface area (Å²) in [7, 11) is 0. The number of hydrogen-bond acceptors (Lipinski definition) is 3. The van der Waals surface area contributed by atoms with Crippen molar-refractivity contribution in [1.82, 2.24) is 20.0 Å². The molecule has 0 saturated carbocycles. The summed E-state index contributed by atoms with van der Waals surface area (Å²) in [5.74, 6) is -0.330. The number of aromatic nitrogens is 4. The molecule has 0 aliphatic carbocycles. The molecule has 0 spiro atoms. The lowest BCUT2D eigenvalue weighted by molar-refractivity contribution is 0.102. The number of carbonyl (C=O) groups is 1. The van der Waals surface area contributed by atoms with Crippen LogP contribution < -0.4 is 5.32 Å². The minimum Gasteiger partial charge on any atom is -0.361 e. The van der Waals surface area contributed by atoms with Crippen LogP contribution in [0.15, 0.2) is 60.9 Å². The number of para-hydroxylation sites is 1. The highest BCUT2D eigenvalue weighted by atomic mass is 35.5. The van der Waals surface area contributed by atoms with E-state index >= 15 is 0 Å². The fourth-order valence-electron chi connectivity index (χ4n) is 2.45. The molecular weight excluding hydrogens is 326 g/mol. The Morgan fingerprint density at radius 2 is 2.04 bits per heavy atom. The van der Waals surface area contributed by atoms with Crippen molar-refractivity contribution in [3.05, 3.63) is 71.6 Å². The zero-order valence-corrected chi connectivity index (χ0v) is 13.2. The highest BCUT2D eigenvalue weighted by molar-refractivity contribution is 6.32. The van der Waals surface area contributed by atoms with Crippen molar-refractivity contribution < 1.29 is 4.79 Å². The number of hydrogen-bond donors (Lipinski definition) is 2. The quantitative estimate of drug-likeness (QED) is 0.599. The van der Waals surface area contributed by atoms with Crippen LogP contribution in [0.25, 0.3) is 16.6 Å². The zero-order valence-electron chi connectivity index (χ0n) is 12.4. The molecule has 0 atom stereocenters. The molecule has 6 nitrogen and oxygen atoms in total. The third-order valence-corrected chi connectivity index (χ3v) is 3.96. The number of aromatic amines is 1. The molecule has 0 bridgehead atoms. The Hall–Kier alpha value is -3.12. The number of carbonyl (C=O) groups excluding carboxylic acids is 1. The van der Waals surface area contributed by atoms with E-state index < -0.39 is 0 Å². The van der Waals surface area contributed by atoms with Crippen LogP contribution in [0.2, 0.25) is 5.02 Å². The largest absolute Gasteiger partial charge is 0.361 e. The van der Waals surface area contributed by atoms with Gasteiger partial charge in [-0.3, -0.25) is 4.79 Å². The highest BCUT2D eigenvalue weighted by Crippen LogP contribution is 2.20. The average molecular weight is 338 g/mol. The predicted octanol–water partition coefficient (Wildman–Crippen LogP) is 3.65. The summed E-state index contributed by atoms with van der Waals surface area (Å²) in [6, 6.07) is 14.8. The Kier molecular flexibility index (Phi) is 3.51. The number of rotatable bonds is 3. The second-order valence-electron chi connectivity index (χ2n) is 5.23. The first-order valence-corrected chi connectivity index (χ1v) is 7.64. The van der Waals surface area contributed by atoms with Gasteiger partial charge in [-0.1, -0.05) is 28.9 Å². The third-order valence-electron chi connectivity index (χ3n) is 3.64. The second-order valence-corrected chi connectivity index (χ2v) is 5.64. The van der Waals surface area contributed by atoms with E-state index in [1.807, 2.05) is 42.6 Å². The van der Waals surface area contributed by atoms with Gasteiger partial charge < -0.3 is 10.3 Å². The fourth-order valence-corrected chi connectivity index (χ4v) is 2.67. The van der Waals surface area contributed by atoms with E-state index in [-0.39, 0.29) is 11.6 Å². The maximum Gasteiger partial charge on any atom is 0.277 e. The molecule has 0 aliphatic rings. The number of amides is 1. The Bertz CT molecular complexity index is 1040. The highest BCUT2D eigenvalue weighted by Gasteiger charge is 2.13. The number of halogens is 1. The third kappa shape index (κ3) is 2.63. The van der Waals surface area contributed by atoms with Crippen molar-refractivity contribution in [1.29, 1.82) is 0 Å². The van der Waals surface area contributed by atoms with Crippen molar-refractivity contribution >= 4 is 34.1 Å². The number of anilines is 1. The summed E-state index contributed by atoms with van der Waals surface area (Å²) >= 11 is 6.13. The van der Waals surface area contributed by atoms with Gasteiger partial charge in [0.15, 0.2) is 5.69 Å². The predicted molar refractivity (Wildman–Crippen MR) is 92.6 cm³/mol. The molecule has 0 fully saturated rings. The summed E-state index contributed by atoms with van der Waals surface area (Å²) in [6.45, 7) is 0. The molecule has 7 heteroatoms. The number of H-pyrrole nitrogens is 1. The van der Waals surface area contributed by atoms with Crippen molar-refractivity contribution in [2.75, 3.05) is 5.32 Å². The normalized spacial score (nSPS) is 10.9. The van der Waals surface area contributed by atoms with Crippen molar-refractivity contribution in [2.45, 2.75) is 0 Å². The lowest BCUT2D eigenvalue weighted by atomic mass is 10.2. The Labute approximate surface area is 142 Å². The molecule has 4 rings (SSSR count). The first kappa shape index (κ1) is 14.5. The van der Waals surface area contributed by atoms with Crippen LogP contribution in [0.4, 0.5) is 5.69 Å². The molecule has 0 radical (unpaired) electrons. The monoisotopic (exact) mass is 337 g/mol. The van der Waals surface area contributed by atoms with E-state index in [2.05, 4.69) is 20.6 Å². The van der Waals surface area contributed by atoms with E-state index in [0.29, 0.717) is 16.4 Å². The molecule has 1 amide bonds. The van der Waals surface area contributed by atoms with E-state index in [4.69, 9.17) is 11.6 Å². The number of nitrogens with zero attached hydrogens (tertiary/aromatic N) is 3. The SMILES string of the molecule is O=C(Nc1ccc2[nH]ccc2c1)c1cn(-c2ccccc2Cl)nn1. The molecule has 0 aliphatic heterocycles. The van der Waals surface area contributed by atoms with Gasteiger partial charge in [-0.15, -0.1) is 5.10 Å².